The average molecular weight is 362 g/mol. The lowest BCUT2D eigenvalue weighted by atomic mass is 9.95. The molecule has 1 aromatic carbocycles. The third kappa shape index (κ3) is 6.15. The van der Waals surface area contributed by atoms with Gasteiger partial charge in [0.2, 0.25) is 0 Å². The van der Waals surface area contributed by atoms with Crippen molar-refractivity contribution < 1.29 is 0 Å². The summed E-state index contributed by atoms with van der Waals surface area (Å²) in [6.45, 7) is 17.3. The molecule has 1 heterocycles. The van der Waals surface area contributed by atoms with Crippen LogP contribution in [-0.2, 0) is 0 Å². The Bertz CT molecular complexity index is 507. The van der Waals surface area contributed by atoms with Crippen LogP contribution in [0, 0.1) is 27.7 Å². The molecule has 2 rings (SSSR count). The van der Waals surface area contributed by atoms with E-state index in [1.165, 1.54) is 46.5 Å². The van der Waals surface area contributed by atoms with E-state index in [1.807, 2.05) is 0 Å². The van der Waals surface area contributed by atoms with Gasteiger partial charge in [-0.05, 0) is 82.3 Å². The molecule has 0 bridgehead atoms. The predicted molar refractivity (Wildman–Crippen MR) is 115 cm³/mol. The van der Waals surface area contributed by atoms with Gasteiger partial charge in [0.15, 0.2) is 0 Å². The number of hydrogen-bond acceptors (Lipinski definition) is 5. The van der Waals surface area contributed by atoms with Crippen molar-refractivity contribution in [2.45, 2.75) is 47.0 Å². The van der Waals surface area contributed by atoms with Crippen molar-refractivity contribution in [1.29, 1.82) is 0 Å². The molecule has 1 aliphatic heterocycles. The summed E-state index contributed by atoms with van der Waals surface area (Å²) in [5, 5.41) is 18.0. The lowest BCUT2D eigenvalue weighted by Gasteiger charge is -2.23. The Morgan fingerprint density at radius 1 is 0.423 bits per heavy atom. The Balaban J connectivity index is 2.06. The molecule has 5 heteroatoms. The molecule has 1 aromatic rings. The molecule has 5 N–H and O–H groups in total. The fraction of sp³-hybridized carbons (Fsp3) is 0.714. The van der Waals surface area contributed by atoms with E-state index in [2.05, 4.69) is 54.3 Å². The summed E-state index contributed by atoms with van der Waals surface area (Å²) in [5.41, 5.74) is 8.18. The van der Waals surface area contributed by atoms with E-state index in [0.29, 0.717) is 0 Å². The summed E-state index contributed by atoms with van der Waals surface area (Å²) in [6.07, 6.45) is 3.53. The highest BCUT2D eigenvalue weighted by atomic mass is 15.0. The quantitative estimate of drug-likeness (QED) is 0.492. The molecular weight excluding hydrogens is 322 g/mol. The molecule has 0 fully saturated rings. The van der Waals surface area contributed by atoms with E-state index < -0.39 is 0 Å². The maximum absolute atomic E-state index is 3.73. The lowest BCUT2D eigenvalue weighted by molar-refractivity contribution is 0.567. The van der Waals surface area contributed by atoms with Gasteiger partial charge in [0.25, 0.3) is 0 Å². The van der Waals surface area contributed by atoms with Gasteiger partial charge in [0, 0.05) is 39.3 Å². The first-order valence-electron chi connectivity index (χ1n) is 10.3. The second kappa shape index (κ2) is 11.4. The molecule has 1 aliphatic rings. The van der Waals surface area contributed by atoms with Crippen LogP contribution in [0.15, 0.2) is 0 Å². The van der Waals surface area contributed by atoms with E-state index in [-0.39, 0.29) is 0 Å². The number of fused-ring (bicyclic) bond motifs is 1. The van der Waals surface area contributed by atoms with Crippen LogP contribution in [0.1, 0.15) is 41.5 Å². The molecule has 26 heavy (non-hydrogen) atoms. The normalized spacial score (nSPS) is 18.8. The predicted octanol–water partition coefficient (Wildman–Crippen LogP) is 2.70. The summed E-state index contributed by atoms with van der Waals surface area (Å²) >= 11 is 0. The van der Waals surface area contributed by atoms with Crippen molar-refractivity contribution in [2.24, 2.45) is 0 Å². The number of rotatable bonds is 0. The standard InChI is InChI=1S/C21H39N5/c1-16-17(2)19(4)21-20(18(16)3)25-10-6-5-8-22-12-14-24-15-13-23-9-7-11-26-21/h22-26H,5-15H2,1-4H3. The zero-order chi connectivity index (χ0) is 18.8. The van der Waals surface area contributed by atoms with Crippen LogP contribution in [0.2, 0.25) is 0 Å². The summed E-state index contributed by atoms with van der Waals surface area (Å²) in [7, 11) is 0. The number of anilines is 2. The van der Waals surface area contributed by atoms with Gasteiger partial charge in [-0.25, -0.2) is 0 Å². The Morgan fingerprint density at radius 3 is 1.35 bits per heavy atom. The molecule has 0 unspecified atom stereocenters. The summed E-state index contributed by atoms with van der Waals surface area (Å²) in [4.78, 5) is 0. The highest BCUT2D eigenvalue weighted by molar-refractivity contribution is 5.79. The van der Waals surface area contributed by atoms with Gasteiger partial charge in [0.05, 0.1) is 11.4 Å². The second-order valence-corrected chi connectivity index (χ2v) is 7.41. The first kappa shape index (κ1) is 21.0. The van der Waals surface area contributed by atoms with Crippen LogP contribution in [-0.4, -0.2) is 52.4 Å². The largest absolute Gasteiger partial charge is 0.383 e. The number of benzene rings is 1. The molecule has 0 saturated heterocycles. The fourth-order valence-corrected chi connectivity index (χ4v) is 3.50. The molecule has 0 saturated carbocycles. The molecule has 0 atom stereocenters. The van der Waals surface area contributed by atoms with E-state index in [9.17, 15) is 0 Å². The third-order valence-electron chi connectivity index (χ3n) is 5.56. The first-order valence-corrected chi connectivity index (χ1v) is 10.3. The smallest absolute Gasteiger partial charge is 0.0611 e. The lowest BCUT2D eigenvalue weighted by Crippen LogP contribution is -2.33. The van der Waals surface area contributed by atoms with Crippen LogP contribution in [0.4, 0.5) is 11.4 Å². The van der Waals surface area contributed by atoms with E-state index >= 15 is 0 Å². The Morgan fingerprint density at radius 2 is 0.808 bits per heavy atom. The highest BCUT2D eigenvalue weighted by Gasteiger charge is 2.14. The molecule has 0 aliphatic carbocycles. The zero-order valence-corrected chi connectivity index (χ0v) is 17.3. The van der Waals surface area contributed by atoms with Gasteiger partial charge in [0.1, 0.15) is 0 Å². The van der Waals surface area contributed by atoms with Crippen molar-refractivity contribution >= 4 is 11.4 Å². The molecule has 5 nitrogen and oxygen atoms in total. The van der Waals surface area contributed by atoms with Gasteiger partial charge < -0.3 is 26.6 Å². The monoisotopic (exact) mass is 361 g/mol. The third-order valence-corrected chi connectivity index (χ3v) is 5.56. The maximum atomic E-state index is 3.73. The van der Waals surface area contributed by atoms with E-state index in [0.717, 1.165) is 58.8 Å². The fourth-order valence-electron chi connectivity index (χ4n) is 3.50. The van der Waals surface area contributed by atoms with Gasteiger partial charge in [-0.1, -0.05) is 0 Å². The molecule has 0 aromatic heterocycles. The van der Waals surface area contributed by atoms with Gasteiger partial charge >= 0.3 is 0 Å². The zero-order valence-electron chi connectivity index (χ0n) is 17.3. The van der Waals surface area contributed by atoms with Crippen LogP contribution in [0.5, 0.6) is 0 Å². The minimum Gasteiger partial charge on any atom is -0.383 e. The van der Waals surface area contributed by atoms with Gasteiger partial charge in [-0.3, -0.25) is 0 Å². The Hall–Kier alpha value is -1.30. The van der Waals surface area contributed by atoms with Crippen molar-refractivity contribution in [1.82, 2.24) is 16.0 Å². The van der Waals surface area contributed by atoms with Crippen LogP contribution >= 0.6 is 0 Å². The average Bonchev–Trinajstić information content (AvgIpc) is 2.64. The summed E-state index contributed by atoms with van der Waals surface area (Å²) < 4.78 is 0. The van der Waals surface area contributed by atoms with Crippen molar-refractivity contribution in [3.63, 3.8) is 0 Å². The SMILES string of the molecule is Cc1c(C)c(C)c2c(c1C)NCCCCNCCNCCNCCCN2. The second-order valence-electron chi connectivity index (χ2n) is 7.41. The van der Waals surface area contributed by atoms with E-state index in [4.69, 9.17) is 0 Å². The molecule has 0 amide bonds. The first-order chi connectivity index (χ1) is 12.6. The van der Waals surface area contributed by atoms with Crippen molar-refractivity contribution in [2.75, 3.05) is 63.0 Å². The van der Waals surface area contributed by atoms with Crippen molar-refractivity contribution in [3.05, 3.63) is 22.3 Å². The molecule has 0 spiro atoms. The van der Waals surface area contributed by atoms with E-state index in [1.54, 1.807) is 0 Å². The van der Waals surface area contributed by atoms with Crippen LogP contribution in [0.25, 0.3) is 0 Å². The molecular formula is C21H39N5. The Kier molecular flexibility index (Phi) is 9.23. The van der Waals surface area contributed by atoms with Gasteiger partial charge in [-0.15, -0.1) is 0 Å². The highest BCUT2D eigenvalue weighted by Crippen LogP contribution is 2.35. The van der Waals surface area contributed by atoms with Gasteiger partial charge in [-0.2, -0.15) is 0 Å². The number of hydrogen-bond donors (Lipinski definition) is 5. The summed E-state index contributed by atoms with van der Waals surface area (Å²) in [5.74, 6) is 0. The molecule has 0 radical (unpaired) electrons. The number of nitrogens with one attached hydrogen (secondary N) is 5. The van der Waals surface area contributed by atoms with Crippen LogP contribution in [0.3, 0.4) is 0 Å². The van der Waals surface area contributed by atoms with Crippen molar-refractivity contribution in [3.8, 4) is 0 Å². The Labute approximate surface area is 160 Å². The summed E-state index contributed by atoms with van der Waals surface area (Å²) in [6, 6.07) is 0. The topological polar surface area (TPSA) is 60.1 Å². The maximum Gasteiger partial charge on any atom is 0.0611 e. The van der Waals surface area contributed by atoms with Crippen LogP contribution < -0.4 is 26.6 Å². The minimum absolute atomic E-state index is 1.00. The minimum atomic E-state index is 1.00. The molecule has 148 valence electrons.